The van der Waals surface area contributed by atoms with Gasteiger partial charge in [-0.3, -0.25) is 4.40 Å². The van der Waals surface area contributed by atoms with Gasteiger partial charge in [-0.2, -0.15) is 0 Å². The van der Waals surface area contributed by atoms with Gasteiger partial charge in [0, 0.05) is 6.61 Å². The number of nitrogens with zero attached hydrogens (tertiary/aromatic N) is 3. The molecule has 1 aliphatic carbocycles. The second-order valence-corrected chi connectivity index (χ2v) is 7.93. The molecule has 1 aromatic carbocycles. The van der Waals surface area contributed by atoms with E-state index in [2.05, 4.69) is 15.5 Å². The Morgan fingerprint density at radius 1 is 1.20 bits per heavy atom. The summed E-state index contributed by atoms with van der Waals surface area (Å²) in [5, 5.41) is 11.4. The first-order valence-electron chi connectivity index (χ1n) is 10.2. The van der Waals surface area contributed by atoms with Crippen molar-refractivity contribution in [2.45, 2.75) is 51.4 Å². The van der Waals surface area contributed by atoms with Crippen molar-refractivity contribution < 1.29 is 14.3 Å². The minimum absolute atomic E-state index is 0.0996. The van der Waals surface area contributed by atoms with Crippen LogP contribution in [0.3, 0.4) is 0 Å². The Balaban J connectivity index is 1.63. The number of rotatable bonds is 6. The number of amides is 2. The standard InChI is InChI=1S/C22H27N5O3/c1-4-29-22(2,3)20-26-25-19-12-9-14(13-27(19)20)30-18-11-10-17(24-21(23)28)15-7-5-6-8-16(15)18/h5-9,12-13,17-18H,4,10-11H2,1-3H3,(H3,23,24,28). The Kier molecular flexibility index (Phi) is 5.34. The molecule has 8 nitrogen and oxygen atoms in total. The van der Waals surface area contributed by atoms with Crippen LogP contribution in [0.2, 0.25) is 0 Å². The van der Waals surface area contributed by atoms with Gasteiger partial charge >= 0.3 is 6.03 Å². The van der Waals surface area contributed by atoms with Crippen molar-refractivity contribution in [3.63, 3.8) is 0 Å². The van der Waals surface area contributed by atoms with E-state index in [4.69, 9.17) is 15.2 Å². The average Bonchev–Trinajstić information content (AvgIpc) is 3.14. The summed E-state index contributed by atoms with van der Waals surface area (Å²) in [6.45, 7) is 6.49. The fourth-order valence-electron chi connectivity index (χ4n) is 4.14. The van der Waals surface area contributed by atoms with Gasteiger partial charge in [0.15, 0.2) is 11.5 Å². The van der Waals surface area contributed by atoms with Crippen LogP contribution in [-0.2, 0) is 10.3 Å². The summed E-state index contributed by atoms with van der Waals surface area (Å²) >= 11 is 0. The van der Waals surface area contributed by atoms with E-state index < -0.39 is 11.6 Å². The second kappa shape index (κ2) is 7.95. The Bertz CT molecular complexity index is 1060. The maximum Gasteiger partial charge on any atom is 0.312 e. The van der Waals surface area contributed by atoms with Gasteiger partial charge < -0.3 is 20.5 Å². The number of aromatic nitrogens is 3. The van der Waals surface area contributed by atoms with E-state index in [0.717, 1.165) is 41.2 Å². The summed E-state index contributed by atoms with van der Waals surface area (Å²) in [5.41, 5.74) is 7.61. The fraction of sp³-hybridized carbons (Fsp3) is 0.409. The Morgan fingerprint density at radius 3 is 2.70 bits per heavy atom. The number of nitrogens with one attached hydrogen (secondary N) is 1. The van der Waals surface area contributed by atoms with Gasteiger partial charge in [0.2, 0.25) is 0 Å². The molecule has 2 amide bonds. The van der Waals surface area contributed by atoms with Crippen LogP contribution in [0.15, 0.2) is 42.6 Å². The topological polar surface area (TPSA) is 104 Å². The molecule has 0 radical (unpaired) electrons. The third kappa shape index (κ3) is 3.82. The number of primary amides is 1. The largest absolute Gasteiger partial charge is 0.484 e. The minimum Gasteiger partial charge on any atom is -0.484 e. The van der Waals surface area contributed by atoms with E-state index in [-0.39, 0.29) is 12.1 Å². The van der Waals surface area contributed by atoms with E-state index in [1.165, 1.54) is 0 Å². The lowest BCUT2D eigenvalue weighted by Gasteiger charge is -2.32. The van der Waals surface area contributed by atoms with Crippen LogP contribution < -0.4 is 15.8 Å². The van der Waals surface area contributed by atoms with Crippen LogP contribution in [0.5, 0.6) is 5.75 Å². The van der Waals surface area contributed by atoms with E-state index in [1.54, 1.807) is 0 Å². The van der Waals surface area contributed by atoms with Crippen LogP contribution >= 0.6 is 0 Å². The Labute approximate surface area is 175 Å². The minimum atomic E-state index is -0.572. The number of benzene rings is 1. The van der Waals surface area contributed by atoms with Crippen molar-refractivity contribution in [2.24, 2.45) is 5.73 Å². The molecule has 1 aliphatic rings. The molecule has 8 heteroatoms. The summed E-state index contributed by atoms with van der Waals surface area (Å²) in [6, 6.07) is 11.2. The predicted molar refractivity (Wildman–Crippen MR) is 112 cm³/mol. The van der Waals surface area contributed by atoms with Crippen molar-refractivity contribution in [1.82, 2.24) is 19.9 Å². The van der Waals surface area contributed by atoms with Crippen molar-refractivity contribution in [2.75, 3.05) is 6.61 Å². The predicted octanol–water partition coefficient (Wildman–Crippen LogP) is 3.62. The lowest BCUT2D eigenvalue weighted by Crippen LogP contribution is -2.36. The summed E-state index contributed by atoms with van der Waals surface area (Å²) in [6.07, 6.45) is 3.30. The smallest absolute Gasteiger partial charge is 0.312 e. The number of fused-ring (bicyclic) bond motifs is 2. The number of hydrogen-bond donors (Lipinski definition) is 2. The number of ether oxygens (including phenoxy) is 2. The number of nitrogens with two attached hydrogens (primary N) is 1. The molecule has 2 heterocycles. The van der Waals surface area contributed by atoms with Crippen molar-refractivity contribution in [3.05, 3.63) is 59.5 Å². The Morgan fingerprint density at radius 2 is 1.97 bits per heavy atom. The fourth-order valence-corrected chi connectivity index (χ4v) is 4.14. The third-order valence-corrected chi connectivity index (χ3v) is 5.45. The molecular formula is C22H27N5O3. The molecule has 3 aromatic rings. The molecule has 0 spiro atoms. The van der Waals surface area contributed by atoms with Crippen LogP contribution in [0, 0.1) is 0 Å². The van der Waals surface area contributed by atoms with Gasteiger partial charge in [0.05, 0.1) is 12.2 Å². The van der Waals surface area contributed by atoms with E-state index in [1.807, 2.05) is 67.8 Å². The van der Waals surface area contributed by atoms with Crippen molar-refractivity contribution >= 4 is 11.7 Å². The molecule has 0 saturated carbocycles. The molecule has 2 aromatic heterocycles. The summed E-state index contributed by atoms with van der Waals surface area (Å²) in [7, 11) is 0. The SMILES string of the molecule is CCOC(C)(C)c1nnc2ccc(OC3CCC(NC(N)=O)c4ccccc43)cn12. The molecule has 0 saturated heterocycles. The third-order valence-electron chi connectivity index (χ3n) is 5.45. The van der Waals surface area contributed by atoms with Gasteiger partial charge in [-0.1, -0.05) is 24.3 Å². The number of carbonyl (C=O) groups is 1. The monoisotopic (exact) mass is 409 g/mol. The molecule has 2 unspecified atom stereocenters. The molecule has 0 bridgehead atoms. The second-order valence-electron chi connectivity index (χ2n) is 7.93. The summed E-state index contributed by atoms with van der Waals surface area (Å²) in [5.74, 6) is 1.44. The van der Waals surface area contributed by atoms with E-state index in [0.29, 0.717) is 6.61 Å². The van der Waals surface area contributed by atoms with Gasteiger partial charge in [-0.15, -0.1) is 10.2 Å². The van der Waals surface area contributed by atoms with Gasteiger partial charge in [-0.05, 0) is 56.9 Å². The average molecular weight is 409 g/mol. The number of hydrogen-bond acceptors (Lipinski definition) is 5. The van der Waals surface area contributed by atoms with Crippen LogP contribution in [-0.4, -0.2) is 27.2 Å². The highest BCUT2D eigenvalue weighted by Gasteiger charge is 2.30. The summed E-state index contributed by atoms with van der Waals surface area (Å²) in [4.78, 5) is 11.4. The van der Waals surface area contributed by atoms with Crippen LogP contribution in [0.25, 0.3) is 5.65 Å². The van der Waals surface area contributed by atoms with Gasteiger partial charge in [0.1, 0.15) is 17.5 Å². The first-order chi connectivity index (χ1) is 14.4. The molecule has 4 rings (SSSR count). The molecule has 2 atom stereocenters. The van der Waals surface area contributed by atoms with Crippen molar-refractivity contribution in [1.29, 1.82) is 0 Å². The normalized spacial score (nSPS) is 18.8. The van der Waals surface area contributed by atoms with Crippen molar-refractivity contribution in [3.8, 4) is 5.75 Å². The zero-order valence-corrected chi connectivity index (χ0v) is 17.5. The van der Waals surface area contributed by atoms with Gasteiger partial charge in [0.25, 0.3) is 0 Å². The molecule has 0 aliphatic heterocycles. The van der Waals surface area contributed by atoms with Gasteiger partial charge in [-0.25, -0.2) is 4.79 Å². The summed E-state index contributed by atoms with van der Waals surface area (Å²) < 4.78 is 14.1. The highest BCUT2D eigenvalue weighted by Crippen LogP contribution is 2.38. The number of pyridine rings is 1. The zero-order chi connectivity index (χ0) is 21.3. The number of urea groups is 1. The van der Waals surface area contributed by atoms with Crippen LogP contribution in [0.1, 0.15) is 62.7 Å². The van der Waals surface area contributed by atoms with E-state index >= 15 is 0 Å². The molecule has 0 fully saturated rings. The molecule has 30 heavy (non-hydrogen) atoms. The molecule has 3 N–H and O–H groups in total. The lowest BCUT2D eigenvalue weighted by molar-refractivity contribution is -0.0215. The maximum absolute atomic E-state index is 11.4. The highest BCUT2D eigenvalue weighted by atomic mass is 16.5. The quantitative estimate of drug-likeness (QED) is 0.647. The zero-order valence-electron chi connectivity index (χ0n) is 17.5. The molecular weight excluding hydrogens is 382 g/mol. The highest BCUT2D eigenvalue weighted by molar-refractivity contribution is 5.72. The number of carbonyl (C=O) groups excluding carboxylic acids is 1. The van der Waals surface area contributed by atoms with Crippen LogP contribution in [0.4, 0.5) is 4.79 Å². The molecule has 158 valence electrons. The first-order valence-corrected chi connectivity index (χ1v) is 10.2. The Hall–Kier alpha value is -3.13. The first kappa shape index (κ1) is 20.2. The van der Waals surface area contributed by atoms with E-state index in [9.17, 15) is 4.79 Å². The lowest BCUT2D eigenvalue weighted by atomic mass is 9.85. The maximum atomic E-state index is 11.4.